The SMILES string of the molecule is Cc1csc(C=C(C(=O)NCc2ccc(C(=O)NO)cc2)c2ccc(F)cc2)c1. The van der Waals surface area contributed by atoms with Gasteiger partial charge in [-0.3, -0.25) is 14.8 Å². The van der Waals surface area contributed by atoms with E-state index in [0.29, 0.717) is 16.7 Å². The lowest BCUT2D eigenvalue weighted by Gasteiger charge is -2.10. The molecule has 2 amide bonds. The number of benzene rings is 2. The summed E-state index contributed by atoms with van der Waals surface area (Å²) < 4.78 is 13.3. The molecule has 3 rings (SSSR count). The predicted molar refractivity (Wildman–Crippen MR) is 111 cm³/mol. The fourth-order valence-electron chi connectivity index (χ4n) is 2.70. The van der Waals surface area contributed by atoms with Gasteiger partial charge in [-0.05, 0) is 65.4 Å². The predicted octanol–water partition coefficient (Wildman–Crippen LogP) is 4.17. The summed E-state index contributed by atoms with van der Waals surface area (Å²) in [6.07, 6.45) is 1.79. The highest BCUT2D eigenvalue weighted by molar-refractivity contribution is 7.11. The third-order valence-corrected chi connectivity index (χ3v) is 5.21. The van der Waals surface area contributed by atoms with E-state index in [1.165, 1.54) is 23.5 Å². The number of amides is 2. The number of hydrogen-bond donors (Lipinski definition) is 3. The number of hydroxylamine groups is 1. The van der Waals surface area contributed by atoms with Crippen molar-refractivity contribution in [1.29, 1.82) is 0 Å². The fourth-order valence-corrected chi connectivity index (χ4v) is 3.53. The van der Waals surface area contributed by atoms with Crippen molar-refractivity contribution in [1.82, 2.24) is 10.8 Å². The fraction of sp³-hybridized carbons (Fsp3) is 0.0909. The van der Waals surface area contributed by atoms with E-state index in [-0.39, 0.29) is 18.3 Å². The number of carbonyl (C=O) groups is 2. The van der Waals surface area contributed by atoms with E-state index in [1.807, 2.05) is 18.4 Å². The molecule has 0 saturated carbocycles. The van der Waals surface area contributed by atoms with Crippen molar-refractivity contribution < 1.29 is 19.2 Å². The van der Waals surface area contributed by atoms with E-state index in [9.17, 15) is 14.0 Å². The maximum Gasteiger partial charge on any atom is 0.274 e. The number of hydrogen-bond acceptors (Lipinski definition) is 4. The Labute approximate surface area is 171 Å². The van der Waals surface area contributed by atoms with Crippen LogP contribution in [0.1, 0.15) is 31.9 Å². The summed E-state index contributed by atoms with van der Waals surface area (Å²) in [5.41, 5.74) is 4.82. The minimum absolute atomic E-state index is 0.252. The van der Waals surface area contributed by atoms with Gasteiger partial charge in [-0.15, -0.1) is 11.3 Å². The molecule has 3 aromatic rings. The van der Waals surface area contributed by atoms with Gasteiger partial charge >= 0.3 is 0 Å². The second kappa shape index (κ2) is 9.27. The molecule has 0 unspecified atom stereocenters. The maximum atomic E-state index is 13.3. The number of aryl methyl sites for hydroxylation is 1. The summed E-state index contributed by atoms with van der Waals surface area (Å²) in [7, 11) is 0. The van der Waals surface area contributed by atoms with E-state index in [1.54, 1.807) is 48.0 Å². The van der Waals surface area contributed by atoms with Gasteiger partial charge in [0.05, 0.1) is 0 Å². The number of rotatable bonds is 6. The van der Waals surface area contributed by atoms with Crippen LogP contribution in [0.4, 0.5) is 4.39 Å². The average Bonchev–Trinajstić information content (AvgIpc) is 3.15. The molecule has 148 valence electrons. The molecule has 29 heavy (non-hydrogen) atoms. The molecule has 0 aliphatic carbocycles. The van der Waals surface area contributed by atoms with Crippen LogP contribution in [0.15, 0.2) is 60.0 Å². The summed E-state index contributed by atoms with van der Waals surface area (Å²) >= 11 is 1.53. The molecular weight excluding hydrogens is 391 g/mol. The topological polar surface area (TPSA) is 78.4 Å². The molecule has 2 aromatic carbocycles. The minimum atomic E-state index is -0.603. The zero-order chi connectivity index (χ0) is 20.8. The summed E-state index contributed by atoms with van der Waals surface area (Å²) in [6.45, 7) is 2.23. The van der Waals surface area contributed by atoms with Crippen molar-refractivity contribution in [3.05, 3.63) is 92.9 Å². The average molecular weight is 410 g/mol. The molecule has 3 N–H and O–H groups in total. The van der Waals surface area contributed by atoms with Crippen LogP contribution in [-0.2, 0) is 11.3 Å². The van der Waals surface area contributed by atoms with Crippen molar-refractivity contribution in [3.8, 4) is 0 Å². The Morgan fingerprint density at radius 1 is 1.07 bits per heavy atom. The molecule has 1 heterocycles. The van der Waals surface area contributed by atoms with Crippen molar-refractivity contribution in [2.24, 2.45) is 0 Å². The summed E-state index contributed by atoms with van der Waals surface area (Å²) in [4.78, 5) is 25.2. The highest BCUT2D eigenvalue weighted by Crippen LogP contribution is 2.23. The Morgan fingerprint density at radius 3 is 2.31 bits per heavy atom. The lowest BCUT2D eigenvalue weighted by Crippen LogP contribution is -2.24. The third-order valence-electron chi connectivity index (χ3n) is 4.21. The van der Waals surface area contributed by atoms with Crippen molar-refractivity contribution in [2.45, 2.75) is 13.5 Å². The second-order valence-corrected chi connectivity index (χ2v) is 7.35. The first-order valence-corrected chi connectivity index (χ1v) is 9.68. The standard InChI is InChI=1S/C22H19FN2O3S/c1-14-10-19(29-13-14)11-20(16-6-8-18(23)9-7-16)22(27)24-12-15-2-4-17(5-3-15)21(26)25-28/h2-11,13,28H,12H2,1H3,(H,24,27)(H,25,26). The van der Waals surface area contributed by atoms with Gasteiger partial charge in [-0.2, -0.15) is 0 Å². The van der Waals surface area contributed by atoms with Crippen LogP contribution in [0.2, 0.25) is 0 Å². The molecule has 0 saturated heterocycles. The molecule has 0 atom stereocenters. The van der Waals surface area contributed by atoms with Crippen molar-refractivity contribution >= 4 is 34.8 Å². The molecule has 1 aromatic heterocycles. The first-order chi connectivity index (χ1) is 14.0. The quantitative estimate of drug-likeness (QED) is 0.324. The van der Waals surface area contributed by atoms with Gasteiger partial charge in [-0.1, -0.05) is 24.3 Å². The van der Waals surface area contributed by atoms with Gasteiger partial charge in [0.2, 0.25) is 0 Å². The zero-order valence-electron chi connectivity index (χ0n) is 15.6. The lowest BCUT2D eigenvalue weighted by molar-refractivity contribution is -0.115. The van der Waals surface area contributed by atoms with Crippen LogP contribution in [-0.4, -0.2) is 17.0 Å². The van der Waals surface area contributed by atoms with Crippen LogP contribution in [0, 0.1) is 12.7 Å². The maximum absolute atomic E-state index is 13.3. The highest BCUT2D eigenvalue weighted by atomic mass is 32.1. The van der Waals surface area contributed by atoms with Crippen LogP contribution in [0.3, 0.4) is 0 Å². The van der Waals surface area contributed by atoms with E-state index >= 15 is 0 Å². The van der Waals surface area contributed by atoms with Gasteiger partial charge in [0.15, 0.2) is 0 Å². The second-order valence-electron chi connectivity index (χ2n) is 6.41. The van der Waals surface area contributed by atoms with Crippen LogP contribution < -0.4 is 10.8 Å². The third kappa shape index (κ3) is 5.37. The van der Waals surface area contributed by atoms with E-state index in [0.717, 1.165) is 16.0 Å². The minimum Gasteiger partial charge on any atom is -0.348 e. The molecule has 0 aliphatic heterocycles. The Hall–Kier alpha value is -3.29. The van der Waals surface area contributed by atoms with Gasteiger partial charge < -0.3 is 5.32 Å². The van der Waals surface area contributed by atoms with Gasteiger partial charge in [0.1, 0.15) is 5.82 Å². The number of carbonyl (C=O) groups excluding carboxylic acids is 2. The molecular formula is C22H19FN2O3S. The van der Waals surface area contributed by atoms with E-state index < -0.39 is 5.91 Å². The van der Waals surface area contributed by atoms with Gasteiger partial charge in [-0.25, -0.2) is 9.87 Å². The molecule has 0 spiro atoms. The number of thiophene rings is 1. The molecule has 0 radical (unpaired) electrons. The van der Waals surface area contributed by atoms with Crippen molar-refractivity contribution in [3.63, 3.8) is 0 Å². The first kappa shape index (κ1) is 20.4. The molecule has 7 heteroatoms. The molecule has 5 nitrogen and oxygen atoms in total. The first-order valence-electron chi connectivity index (χ1n) is 8.80. The Bertz CT molecular complexity index is 1040. The number of halogens is 1. The lowest BCUT2D eigenvalue weighted by atomic mass is 10.0. The van der Waals surface area contributed by atoms with Crippen molar-refractivity contribution in [2.75, 3.05) is 0 Å². The van der Waals surface area contributed by atoms with Crippen LogP contribution in [0.25, 0.3) is 11.6 Å². The largest absolute Gasteiger partial charge is 0.348 e. The summed E-state index contributed by atoms with van der Waals surface area (Å²) in [5.74, 6) is -1.26. The normalized spacial score (nSPS) is 11.2. The van der Waals surface area contributed by atoms with Gasteiger partial charge in [0, 0.05) is 22.6 Å². The van der Waals surface area contributed by atoms with Gasteiger partial charge in [0.25, 0.3) is 11.8 Å². The number of nitrogens with one attached hydrogen (secondary N) is 2. The summed E-state index contributed by atoms with van der Waals surface area (Å²) in [6, 6.07) is 14.3. The Kier molecular flexibility index (Phi) is 6.54. The van der Waals surface area contributed by atoms with Crippen LogP contribution in [0.5, 0.6) is 0 Å². The Balaban J connectivity index is 1.78. The van der Waals surface area contributed by atoms with Crippen LogP contribution >= 0.6 is 11.3 Å². The Morgan fingerprint density at radius 2 is 1.72 bits per heavy atom. The zero-order valence-corrected chi connectivity index (χ0v) is 16.4. The molecule has 0 fully saturated rings. The molecule has 0 aliphatic rings. The smallest absolute Gasteiger partial charge is 0.274 e. The van der Waals surface area contributed by atoms with E-state index in [4.69, 9.17) is 5.21 Å². The summed E-state index contributed by atoms with van der Waals surface area (Å²) in [5, 5.41) is 13.5. The monoisotopic (exact) mass is 410 g/mol. The highest BCUT2D eigenvalue weighted by Gasteiger charge is 2.13. The van der Waals surface area contributed by atoms with E-state index in [2.05, 4.69) is 5.32 Å². The molecule has 0 bridgehead atoms.